The Morgan fingerprint density at radius 3 is 2.71 bits per heavy atom. The van der Waals surface area contributed by atoms with E-state index in [2.05, 4.69) is 10.6 Å². The smallest absolute Gasteiger partial charge is 0.221 e. The number of carbonyl (C=O) groups excluding carboxylic acids is 1. The van der Waals surface area contributed by atoms with E-state index in [-0.39, 0.29) is 23.2 Å². The van der Waals surface area contributed by atoms with Crippen molar-refractivity contribution in [3.8, 4) is 0 Å². The molecule has 1 amide bonds. The lowest BCUT2D eigenvalue weighted by Crippen LogP contribution is -2.08. The summed E-state index contributed by atoms with van der Waals surface area (Å²) in [4.78, 5) is 11.0. The average molecular weight is 311 g/mol. The van der Waals surface area contributed by atoms with Crippen LogP contribution in [0.1, 0.15) is 12.5 Å². The van der Waals surface area contributed by atoms with E-state index in [1.54, 1.807) is 12.1 Å². The molecule has 3 nitrogen and oxygen atoms in total. The van der Waals surface area contributed by atoms with E-state index in [9.17, 15) is 13.6 Å². The van der Waals surface area contributed by atoms with Crippen LogP contribution in [0.2, 0.25) is 5.02 Å². The zero-order valence-electron chi connectivity index (χ0n) is 11.2. The second-order valence-electron chi connectivity index (χ2n) is 4.44. The molecule has 0 aliphatic carbocycles. The van der Waals surface area contributed by atoms with Crippen molar-refractivity contribution in [1.29, 1.82) is 0 Å². The molecular weight excluding hydrogens is 298 g/mol. The maximum atomic E-state index is 13.7. The van der Waals surface area contributed by atoms with E-state index in [1.807, 2.05) is 0 Å². The first kappa shape index (κ1) is 15.3. The monoisotopic (exact) mass is 310 g/mol. The zero-order chi connectivity index (χ0) is 15.4. The summed E-state index contributed by atoms with van der Waals surface area (Å²) in [6.45, 7) is 1.48. The number of anilines is 2. The lowest BCUT2D eigenvalue weighted by molar-refractivity contribution is -0.114. The molecule has 0 aliphatic rings. The van der Waals surface area contributed by atoms with Gasteiger partial charge in [-0.05, 0) is 24.3 Å². The highest BCUT2D eigenvalue weighted by Gasteiger charge is 2.08. The normalized spacial score (nSPS) is 10.3. The van der Waals surface area contributed by atoms with Crippen LogP contribution in [0.3, 0.4) is 0 Å². The Labute approximate surface area is 125 Å². The standard InChI is InChI=1S/C15H13ClF2N2O/c1-9(21)20-14-7-11(5-6-13(14)17)19-8-10-3-2-4-12(16)15(10)18/h2-7,19H,8H2,1H3,(H,20,21). The minimum atomic E-state index is -0.537. The van der Waals surface area contributed by atoms with Gasteiger partial charge in [-0.3, -0.25) is 4.79 Å². The van der Waals surface area contributed by atoms with Crippen LogP contribution in [0.5, 0.6) is 0 Å². The molecule has 0 unspecified atom stereocenters. The largest absolute Gasteiger partial charge is 0.381 e. The average Bonchev–Trinajstić information content (AvgIpc) is 2.43. The number of amides is 1. The highest BCUT2D eigenvalue weighted by molar-refractivity contribution is 6.30. The number of rotatable bonds is 4. The SMILES string of the molecule is CC(=O)Nc1cc(NCc2cccc(Cl)c2F)ccc1F. The predicted molar refractivity (Wildman–Crippen MR) is 79.4 cm³/mol. The minimum Gasteiger partial charge on any atom is -0.381 e. The van der Waals surface area contributed by atoms with E-state index in [0.29, 0.717) is 11.3 Å². The number of carbonyl (C=O) groups is 1. The quantitative estimate of drug-likeness (QED) is 0.889. The fraction of sp³-hybridized carbons (Fsp3) is 0.133. The fourth-order valence-corrected chi connectivity index (χ4v) is 2.00. The van der Waals surface area contributed by atoms with Crippen LogP contribution in [0.25, 0.3) is 0 Å². The second-order valence-corrected chi connectivity index (χ2v) is 4.85. The molecule has 0 spiro atoms. The summed E-state index contributed by atoms with van der Waals surface area (Å²) < 4.78 is 27.2. The van der Waals surface area contributed by atoms with Crippen LogP contribution in [-0.2, 0) is 11.3 Å². The molecule has 2 aromatic carbocycles. The molecule has 6 heteroatoms. The van der Waals surface area contributed by atoms with Crippen LogP contribution in [0.4, 0.5) is 20.2 Å². The van der Waals surface area contributed by atoms with E-state index in [4.69, 9.17) is 11.6 Å². The van der Waals surface area contributed by atoms with Crippen molar-refractivity contribution in [2.75, 3.05) is 10.6 Å². The summed E-state index contributed by atoms with van der Waals surface area (Å²) in [5, 5.41) is 5.38. The van der Waals surface area contributed by atoms with Gasteiger partial charge in [-0.25, -0.2) is 8.78 Å². The summed E-state index contributed by atoms with van der Waals surface area (Å²) in [6.07, 6.45) is 0. The molecule has 2 rings (SSSR count). The van der Waals surface area contributed by atoms with Gasteiger partial charge in [0.1, 0.15) is 11.6 Å². The summed E-state index contributed by atoms with van der Waals surface area (Å²) in [5.74, 6) is -1.40. The Balaban J connectivity index is 2.13. The maximum absolute atomic E-state index is 13.7. The highest BCUT2D eigenvalue weighted by Crippen LogP contribution is 2.22. The van der Waals surface area contributed by atoms with Crippen molar-refractivity contribution >= 4 is 28.9 Å². The number of hydrogen-bond donors (Lipinski definition) is 2. The van der Waals surface area contributed by atoms with Crippen molar-refractivity contribution in [1.82, 2.24) is 0 Å². The number of hydrogen-bond acceptors (Lipinski definition) is 2. The third-order valence-electron chi connectivity index (χ3n) is 2.79. The third kappa shape index (κ3) is 3.92. The van der Waals surface area contributed by atoms with Crippen LogP contribution in [0, 0.1) is 11.6 Å². The first-order valence-corrected chi connectivity index (χ1v) is 6.59. The number of nitrogens with one attached hydrogen (secondary N) is 2. The third-order valence-corrected chi connectivity index (χ3v) is 3.08. The zero-order valence-corrected chi connectivity index (χ0v) is 12.0. The van der Waals surface area contributed by atoms with Gasteiger partial charge >= 0.3 is 0 Å². The van der Waals surface area contributed by atoms with Crippen LogP contribution >= 0.6 is 11.6 Å². The Bertz CT molecular complexity index is 677. The van der Waals surface area contributed by atoms with E-state index in [1.165, 1.54) is 31.2 Å². The van der Waals surface area contributed by atoms with E-state index in [0.717, 1.165) is 0 Å². The Morgan fingerprint density at radius 2 is 2.00 bits per heavy atom. The van der Waals surface area contributed by atoms with Crippen LogP contribution < -0.4 is 10.6 Å². The van der Waals surface area contributed by atoms with Gasteiger partial charge in [0.05, 0.1) is 10.7 Å². The first-order chi connectivity index (χ1) is 9.97. The van der Waals surface area contributed by atoms with Crippen molar-refractivity contribution in [3.63, 3.8) is 0 Å². The van der Waals surface area contributed by atoms with E-state index >= 15 is 0 Å². The van der Waals surface area contributed by atoms with Crippen molar-refractivity contribution in [2.24, 2.45) is 0 Å². The Hall–Kier alpha value is -2.14. The van der Waals surface area contributed by atoms with Gasteiger partial charge in [-0.15, -0.1) is 0 Å². The van der Waals surface area contributed by atoms with Gasteiger partial charge in [-0.1, -0.05) is 23.7 Å². The van der Waals surface area contributed by atoms with Gasteiger partial charge in [0, 0.05) is 24.7 Å². The molecule has 0 aromatic heterocycles. The number of benzene rings is 2. The molecule has 0 aliphatic heterocycles. The lowest BCUT2D eigenvalue weighted by Gasteiger charge is -2.10. The van der Waals surface area contributed by atoms with Gasteiger partial charge < -0.3 is 10.6 Å². The lowest BCUT2D eigenvalue weighted by atomic mass is 10.2. The fourth-order valence-electron chi connectivity index (χ4n) is 1.80. The highest BCUT2D eigenvalue weighted by atomic mass is 35.5. The van der Waals surface area contributed by atoms with Gasteiger partial charge in [0.15, 0.2) is 0 Å². The molecule has 110 valence electrons. The van der Waals surface area contributed by atoms with Gasteiger partial charge in [0.25, 0.3) is 0 Å². The van der Waals surface area contributed by atoms with Crippen molar-refractivity contribution in [3.05, 3.63) is 58.6 Å². The summed E-state index contributed by atoms with van der Waals surface area (Å²) in [7, 11) is 0. The molecule has 0 saturated heterocycles. The van der Waals surface area contributed by atoms with Crippen LogP contribution in [0.15, 0.2) is 36.4 Å². The van der Waals surface area contributed by atoms with Gasteiger partial charge in [-0.2, -0.15) is 0 Å². The predicted octanol–water partition coefficient (Wildman–Crippen LogP) is 4.19. The maximum Gasteiger partial charge on any atom is 0.221 e. The molecular formula is C15H13ClF2N2O. The summed E-state index contributed by atoms with van der Waals surface area (Å²) in [6, 6.07) is 8.89. The number of halogens is 3. The van der Waals surface area contributed by atoms with E-state index < -0.39 is 11.6 Å². The second kappa shape index (κ2) is 6.54. The minimum absolute atomic E-state index is 0.0485. The molecule has 21 heavy (non-hydrogen) atoms. The molecule has 0 fully saturated rings. The van der Waals surface area contributed by atoms with Crippen LogP contribution in [-0.4, -0.2) is 5.91 Å². The molecule has 0 atom stereocenters. The topological polar surface area (TPSA) is 41.1 Å². The molecule has 2 aromatic rings. The molecule has 0 radical (unpaired) electrons. The first-order valence-electron chi connectivity index (χ1n) is 6.21. The Kier molecular flexibility index (Phi) is 4.75. The summed E-state index contributed by atoms with van der Waals surface area (Å²) in [5.41, 5.74) is 1.02. The molecule has 2 N–H and O–H groups in total. The van der Waals surface area contributed by atoms with Gasteiger partial charge in [0.2, 0.25) is 5.91 Å². The molecule has 0 saturated carbocycles. The van der Waals surface area contributed by atoms with Crippen molar-refractivity contribution in [2.45, 2.75) is 13.5 Å². The molecule has 0 bridgehead atoms. The molecule has 0 heterocycles. The Morgan fingerprint density at radius 1 is 1.24 bits per heavy atom. The summed E-state index contributed by atoms with van der Waals surface area (Å²) >= 11 is 5.70. The van der Waals surface area contributed by atoms with Crippen molar-refractivity contribution < 1.29 is 13.6 Å².